The first-order chi connectivity index (χ1) is 9.24. The van der Waals surface area contributed by atoms with Crippen LogP contribution in [0.3, 0.4) is 0 Å². The van der Waals surface area contributed by atoms with Crippen molar-refractivity contribution >= 4 is 21.4 Å². The zero-order valence-electron chi connectivity index (χ0n) is 10.8. The highest BCUT2D eigenvalue weighted by molar-refractivity contribution is 7.17. The second kappa shape index (κ2) is 5.16. The smallest absolute Gasteiger partial charge is 0.0830 e. The van der Waals surface area contributed by atoms with Gasteiger partial charge < -0.3 is 5.11 Å². The van der Waals surface area contributed by atoms with Gasteiger partial charge in [0.25, 0.3) is 0 Å². The summed E-state index contributed by atoms with van der Waals surface area (Å²) >= 11 is 1.74. The van der Waals surface area contributed by atoms with Crippen molar-refractivity contribution < 1.29 is 5.11 Å². The van der Waals surface area contributed by atoms with E-state index in [4.69, 9.17) is 0 Å². The first kappa shape index (κ1) is 12.4. The molecule has 3 aromatic rings. The SMILES string of the molecule is Cc1ccc(C(O)Cc2csc3ccccc23)cc1. The van der Waals surface area contributed by atoms with Gasteiger partial charge in [-0.15, -0.1) is 11.3 Å². The van der Waals surface area contributed by atoms with Crippen LogP contribution < -0.4 is 0 Å². The second-order valence-corrected chi connectivity index (χ2v) is 5.80. The lowest BCUT2D eigenvalue weighted by Crippen LogP contribution is -2.01. The lowest BCUT2D eigenvalue weighted by Gasteiger charge is -2.10. The minimum Gasteiger partial charge on any atom is -0.388 e. The normalized spacial score (nSPS) is 12.7. The zero-order chi connectivity index (χ0) is 13.2. The molecule has 0 spiro atoms. The molecular weight excluding hydrogens is 252 g/mol. The fourth-order valence-corrected chi connectivity index (χ4v) is 3.28. The summed E-state index contributed by atoms with van der Waals surface area (Å²) in [4.78, 5) is 0. The van der Waals surface area contributed by atoms with Crippen molar-refractivity contribution in [2.45, 2.75) is 19.4 Å². The van der Waals surface area contributed by atoms with Gasteiger partial charge in [-0.1, -0.05) is 48.0 Å². The van der Waals surface area contributed by atoms with Crippen molar-refractivity contribution in [3.05, 3.63) is 70.6 Å². The van der Waals surface area contributed by atoms with E-state index in [-0.39, 0.29) is 0 Å². The van der Waals surface area contributed by atoms with E-state index in [9.17, 15) is 5.11 Å². The average Bonchev–Trinajstić information content (AvgIpc) is 2.83. The summed E-state index contributed by atoms with van der Waals surface area (Å²) in [6, 6.07) is 16.5. The number of benzene rings is 2. The molecule has 2 aromatic carbocycles. The van der Waals surface area contributed by atoms with Crippen molar-refractivity contribution in [2.75, 3.05) is 0 Å². The summed E-state index contributed by atoms with van der Waals surface area (Å²) in [7, 11) is 0. The van der Waals surface area contributed by atoms with E-state index in [1.807, 2.05) is 24.3 Å². The van der Waals surface area contributed by atoms with Gasteiger partial charge in [0, 0.05) is 11.1 Å². The standard InChI is InChI=1S/C17H16OS/c1-12-6-8-13(9-7-12)16(18)10-14-11-19-17-5-3-2-4-15(14)17/h2-9,11,16,18H,10H2,1H3. The van der Waals surface area contributed by atoms with Crippen LogP contribution in [0.1, 0.15) is 22.8 Å². The first-order valence-electron chi connectivity index (χ1n) is 6.44. The number of fused-ring (bicyclic) bond motifs is 1. The maximum Gasteiger partial charge on any atom is 0.0830 e. The van der Waals surface area contributed by atoms with E-state index in [1.165, 1.54) is 21.2 Å². The van der Waals surface area contributed by atoms with E-state index in [0.717, 1.165) is 5.56 Å². The molecule has 1 nitrogen and oxygen atoms in total. The van der Waals surface area contributed by atoms with Crippen LogP contribution in [0.5, 0.6) is 0 Å². The highest BCUT2D eigenvalue weighted by Crippen LogP contribution is 2.29. The second-order valence-electron chi connectivity index (χ2n) is 4.89. The van der Waals surface area contributed by atoms with Gasteiger partial charge in [-0.2, -0.15) is 0 Å². The molecule has 1 aromatic heterocycles. The molecule has 0 radical (unpaired) electrons. The Morgan fingerprint density at radius 3 is 2.58 bits per heavy atom. The van der Waals surface area contributed by atoms with Gasteiger partial charge in [0.1, 0.15) is 0 Å². The van der Waals surface area contributed by atoms with Gasteiger partial charge in [-0.25, -0.2) is 0 Å². The molecule has 0 aliphatic rings. The molecule has 96 valence electrons. The van der Waals surface area contributed by atoms with E-state index in [2.05, 4.69) is 36.6 Å². The monoisotopic (exact) mass is 268 g/mol. The highest BCUT2D eigenvalue weighted by atomic mass is 32.1. The van der Waals surface area contributed by atoms with Crippen molar-refractivity contribution in [1.82, 2.24) is 0 Å². The van der Waals surface area contributed by atoms with Crippen molar-refractivity contribution in [3.8, 4) is 0 Å². The lowest BCUT2D eigenvalue weighted by atomic mass is 10.0. The summed E-state index contributed by atoms with van der Waals surface area (Å²) < 4.78 is 1.29. The molecule has 2 heteroatoms. The van der Waals surface area contributed by atoms with Gasteiger partial charge in [-0.05, 0) is 34.9 Å². The van der Waals surface area contributed by atoms with Crippen LogP contribution in [0.4, 0.5) is 0 Å². The third kappa shape index (κ3) is 2.55. The summed E-state index contributed by atoms with van der Waals surface area (Å²) in [5.74, 6) is 0. The van der Waals surface area contributed by atoms with E-state index < -0.39 is 6.10 Å². The molecule has 0 amide bonds. The maximum absolute atomic E-state index is 10.3. The zero-order valence-corrected chi connectivity index (χ0v) is 11.7. The average molecular weight is 268 g/mol. The Kier molecular flexibility index (Phi) is 3.36. The summed E-state index contributed by atoms with van der Waals surface area (Å²) in [5.41, 5.74) is 3.44. The number of thiophene rings is 1. The molecule has 1 heterocycles. The number of aryl methyl sites for hydroxylation is 1. The molecular formula is C17H16OS. The van der Waals surface area contributed by atoms with Crippen molar-refractivity contribution in [1.29, 1.82) is 0 Å². The lowest BCUT2D eigenvalue weighted by molar-refractivity contribution is 0.179. The van der Waals surface area contributed by atoms with Crippen LogP contribution in [0, 0.1) is 6.92 Å². The third-order valence-electron chi connectivity index (χ3n) is 3.44. The summed E-state index contributed by atoms with van der Waals surface area (Å²) in [6.07, 6.45) is 0.242. The molecule has 0 saturated heterocycles. The molecule has 1 atom stereocenters. The first-order valence-corrected chi connectivity index (χ1v) is 7.32. The summed E-state index contributed by atoms with van der Waals surface area (Å²) in [6.45, 7) is 2.06. The van der Waals surface area contributed by atoms with Crippen LogP contribution in [0.2, 0.25) is 0 Å². The molecule has 0 aliphatic heterocycles. The predicted molar refractivity (Wildman–Crippen MR) is 81.7 cm³/mol. The Hall–Kier alpha value is -1.64. The molecule has 0 fully saturated rings. The number of hydrogen-bond donors (Lipinski definition) is 1. The number of aliphatic hydroxyl groups excluding tert-OH is 1. The Labute approximate surface area is 117 Å². The Morgan fingerprint density at radius 2 is 1.79 bits per heavy atom. The highest BCUT2D eigenvalue weighted by Gasteiger charge is 2.11. The van der Waals surface area contributed by atoms with Gasteiger partial charge >= 0.3 is 0 Å². The minimum atomic E-state index is -0.432. The van der Waals surface area contributed by atoms with Gasteiger partial charge in [0.15, 0.2) is 0 Å². The van der Waals surface area contributed by atoms with Gasteiger partial charge in [-0.3, -0.25) is 0 Å². The van der Waals surface area contributed by atoms with Crippen LogP contribution in [-0.4, -0.2) is 5.11 Å². The quantitative estimate of drug-likeness (QED) is 0.742. The van der Waals surface area contributed by atoms with Crippen molar-refractivity contribution in [2.24, 2.45) is 0 Å². The molecule has 0 bridgehead atoms. The van der Waals surface area contributed by atoms with Gasteiger partial charge in [0.2, 0.25) is 0 Å². The topological polar surface area (TPSA) is 20.2 Å². The molecule has 1 unspecified atom stereocenters. The molecule has 0 aliphatic carbocycles. The van der Waals surface area contributed by atoms with Crippen molar-refractivity contribution in [3.63, 3.8) is 0 Å². The van der Waals surface area contributed by atoms with Crippen LogP contribution >= 0.6 is 11.3 Å². The third-order valence-corrected chi connectivity index (χ3v) is 4.45. The molecule has 19 heavy (non-hydrogen) atoms. The molecule has 3 rings (SSSR count). The van der Waals surface area contributed by atoms with Crippen LogP contribution in [0.15, 0.2) is 53.9 Å². The predicted octanol–water partition coefficient (Wildman–Crippen LogP) is 4.49. The fraction of sp³-hybridized carbons (Fsp3) is 0.176. The number of rotatable bonds is 3. The fourth-order valence-electron chi connectivity index (χ4n) is 2.31. The van der Waals surface area contributed by atoms with Gasteiger partial charge in [0.05, 0.1) is 6.10 Å². The number of hydrogen-bond acceptors (Lipinski definition) is 2. The minimum absolute atomic E-state index is 0.432. The van der Waals surface area contributed by atoms with E-state index in [1.54, 1.807) is 11.3 Å². The largest absolute Gasteiger partial charge is 0.388 e. The van der Waals surface area contributed by atoms with E-state index >= 15 is 0 Å². The molecule has 1 N–H and O–H groups in total. The molecule has 0 saturated carbocycles. The Morgan fingerprint density at radius 1 is 1.05 bits per heavy atom. The Bertz CT molecular complexity index is 682. The van der Waals surface area contributed by atoms with E-state index in [0.29, 0.717) is 6.42 Å². The summed E-state index contributed by atoms with van der Waals surface area (Å²) in [5, 5.41) is 13.8. The van der Waals surface area contributed by atoms with Crippen LogP contribution in [0.25, 0.3) is 10.1 Å². The Balaban J connectivity index is 1.86. The van der Waals surface area contributed by atoms with Crippen LogP contribution in [-0.2, 0) is 6.42 Å². The number of aliphatic hydroxyl groups is 1. The maximum atomic E-state index is 10.3.